The third-order valence-electron chi connectivity index (χ3n) is 5.59. The van der Waals surface area contributed by atoms with Crippen molar-refractivity contribution in [1.82, 2.24) is 14.8 Å². The average molecular weight is 366 g/mol. The van der Waals surface area contributed by atoms with Crippen LogP contribution in [0.3, 0.4) is 0 Å². The number of aryl methyl sites for hydroxylation is 1. The molecule has 1 aromatic heterocycles. The fraction of sp³-hybridized carbons (Fsp3) is 0.737. The first kappa shape index (κ1) is 18.8. The van der Waals surface area contributed by atoms with Gasteiger partial charge in [0.1, 0.15) is 0 Å². The van der Waals surface area contributed by atoms with Gasteiger partial charge in [-0.25, -0.2) is 0 Å². The number of morpholine rings is 1. The van der Waals surface area contributed by atoms with Gasteiger partial charge < -0.3 is 14.6 Å². The second-order valence-electron chi connectivity index (χ2n) is 7.56. The van der Waals surface area contributed by atoms with Gasteiger partial charge >= 0.3 is 0 Å². The van der Waals surface area contributed by atoms with Crippen molar-refractivity contribution in [1.29, 1.82) is 0 Å². The second-order valence-corrected chi connectivity index (χ2v) is 8.66. The Kier molecular flexibility index (Phi) is 5.81. The van der Waals surface area contributed by atoms with Crippen LogP contribution in [0, 0.1) is 13.8 Å². The average Bonchev–Trinajstić information content (AvgIpc) is 3.19. The summed E-state index contributed by atoms with van der Waals surface area (Å²) in [6.45, 7) is 12.7. The highest BCUT2D eigenvalue weighted by molar-refractivity contribution is 7.99. The molecule has 1 atom stereocenters. The SMILES string of the molecule is Cc1cc(C(=O)NCC2(N3CCOCC3)CCSC2)c(C)n1C(C)C. The molecule has 2 aliphatic heterocycles. The number of hydrogen-bond donors (Lipinski definition) is 1. The smallest absolute Gasteiger partial charge is 0.253 e. The molecule has 1 unspecified atom stereocenters. The molecule has 0 spiro atoms. The van der Waals surface area contributed by atoms with Crippen molar-refractivity contribution in [3.05, 3.63) is 23.0 Å². The number of amides is 1. The molecular weight excluding hydrogens is 334 g/mol. The number of rotatable bonds is 5. The molecule has 3 rings (SSSR count). The molecule has 1 amide bonds. The Balaban J connectivity index is 1.71. The van der Waals surface area contributed by atoms with E-state index in [0.717, 1.165) is 62.0 Å². The predicted molar refractivity (Wildman–Crippen MR) is 104 cm³/mol. The molecule has 6 heteroatoms. The number of carbonyl (C=O) groups is 1. The quantitative estimate of drug-likeness (QED) is 0.871. The topological polar surface area (TPSA) is 46.5 Å². The van der Waals surface area contributed by atoms with Crippen molar-refractivity contribution >= 4 is 17.7 Å². The molecule has 1 N–H and O–H groups in total. The van der Waals surface area contributed by atoms with Gasteiger partial charge in [-0.1, -0.05) is 0 Å². The van der Waals surface area contributed by atoms with Crippen LogP contribution in [0.1, 0.15) is 48.1 Å². The minimum absolute atomic E-state index is 0.0598. The maximum atomic E-state index is 12.9. The highest BCUT2D eigenvalue weighted by Crippen LogP contribution is 2.33. The first-order chi connectivity index (χ1) is 11.9. The van der Waals surface area contributed by atoms with Crippen molar-refractivity contribution in [2.45, 2.75) is 45.7 Å². The number of aromatic nitrogens is 1. The summed E-state index contributed by atoms with van der Waals surface area (Å²) in [5.74, 6) is 2.33. The van der Waals surface area contributed by atoms with Crippen molar-refractivity contribution in [3.8, 4) is 0 Å². The van der Waals surface area contributed by atoms with Crippen LogP contribution in [0.5, 0.6) is 0 Å². The molecule has 0 radical (unpaired) electrons. The van der Waals surface area contributed by atoms with E-state index in [4.69, 9.17) is 4.74 Å². The number of thioether (sulfide) groups is 1. The Bertz CT molecular complexity index is 614. The molecular formula is C19H31N3O2S. The zero-order valence-corrected chi connectivity index (χ0v) is 16.7. The van der Waals surface area contributed by atoms with E-state index in [2.05, 4.69) is 35.6 Å². The third-order valence-corrected chi connectivity index (χ3v) is 6.82. The van der Waals surface area contributed by atoms with Gasteiger partial charge in [-0.15, -0.1) is 0 Å². The van der Waals surface area contributed by atoms with Gasteiger partial charge in [0.2, 0.25) is 0 Å². The standard InChI is InChI=1S/C19H31N3O2S/c1-14(2)22-15(3)11-17(16(22)4)18(23)20-12-19(5-10-25-13-19)21-6-8-24-9-7-21/h11,14H,5-10,12-13H2,1-4H3,(H,20,23). The van der Waals surface area contributed by atoms with Crippen LogP contribution in [0.25, 0.3) is 0 Å². The van der Waals surface area contributed by atoms with E-state index >= 15 is 0 Å². The molecule has 2 fully saturated rings. The summed E-state index contributed by atoms with van der Waals surface area (Å²) in [5.41, 5.74) is 3.12. The van der Waals surface area contributed by atoms with Gasteiger partial charge in [0.05, 0.1) is 18.8 Å². The van der Waals surface area contributed by atoms with Crippen molar-refractivity contribution in [2.24, 2.45) is 0 Å². The zero-order chi connectivity index (χ0) is 18.0. The van der Waals surface area contributed by atoms with Crippen LogP contribution in [0.15, 0.2) is 6.07 Å². The number of carbonyl (C=O) groups excluding carboxylic acids is 1. The summed E-state index contributed by atoms with van der Waals surface area (Å²) in [7, 11) is 0. The Hall–Kier alpha value is -0.980. The van der Waals surface area contributed by atoms with Crippen LogP contribution >= 0.6 is 11.8 Å². The fourth-order valence-electron chi connectivity index (χ4n) is 4.28. The molecule has 25 heavy (non-hydrogen) atoms. The molecule has 3 heterocycles. The summed E-state index contributed by atoms with van der Waals surface area (Å²) in [4.78, 5) is 15.4. The summed E-state index contributed by atoms with van der Waals surface area (Å²) >= 11 is 2.00. The lowest BCUT2D eigenvalue weighted by molar-refractivity contribution is -0.0129. The Morgan fingerprint density at radius 2 is 2.08 bits per heavy atom. The molecule has 0 aromatic carbocycles. The largest absolute Gasteiger partial charge is 0.379 e. The minimum atomic E-state index is 0.0598. The Morgan fingerprint density at radius 1 is 1.36 bits per heavy atom. The maximum absolute atomic E-state index is 12.9. The number of nitrogens with one attached hydrogen (secondary N) is 1. The molecule has 0 bridgehead atoms. The normalized spacial score (nSPS) is 24.8. The van der Waals surface area contributed by atoms with Crippen LogP contribution in [0.4, 0.5) is 0 Å². The van der Waals surface area contributed by atoms with Gasteiger partial charge in [0.15, 0.2) is 0 Å². The van der Waals surface area contributed by atoms with E-state index in [1.54, 1.807) is 0 Å². The van der Waals surface area contributed by atoms with Crippen LogP contribution in [-0.4, -0.2) is 65.3 Å². The van der Waals surface area contributed by atoms with Gasteiger partial charge in [-0.2, -0.15) is 11.8 Å². The van der Waals surface area contributed by atoms with Gasteiger partial charge in [0, 0.05) is 48.4 Å². The number of hydrogen-bond acceptors (Lipinski definition) is 4. The molecule has 140 valence electrons. The van der Waals surface area contributed by atoms with E-state index in [1.165, 1.54) is 5.75 Å². The highest BCUT2D eigenvalue weighted by Gasteiger charge is 2.41. The van der Waals surface area contributed by atoms with Crippen LogP contribution in [-0.2, 0) is 4.74 Å². The summed E-state index contributed by atoms with van der Waals surface area (Å²) in [6.07, 6.45) is 1.14. The van der Waals surface area contributed by atoms with Gasteiger partial charge in [-0.05, 0) is 45.9 Å². The molecule has 5 nitrogen and oxygen atoms in total. The van der Waals surface area contributed by atoms with Crippen LogP contribution < -0.4 is 5.32 Å². The summed E-state index contributed by atoms with van der Waals surface area (Å²) in [5, 5.41) is 3.25. The minimum Gasteiger partial charge on any atom is -0.379 e. The third kappa shape index (κ3) is 3.76. The van der Waals surface area contributed by atoms with Crippen molar-refractivity contribution < 1.29 is 9.53 Å². The Morgan fingerprint density at radius 3 is 2.64 bits per heavy atom. The molecule has 2 saturated heterocycles. The lowest BCUT2D eigenvalue weighted by atomic mass is 9.95. The molecule has 0 saturated carbocycles. The predicted octanol–water partition coefficient (Wildman–Crippen LogP) is 2.62. The zero-order valence-electron chi connectivity index (χ0n) is 15.9. The van der Waals surface area contributed by atoms with Gasteiger partial charge in [0.25, 0.3) is 5.91 Å². The van der Waals surface area contributed by atoms with Crippen LogP contribution in [0.2, 0.25) is 0 Å². The van der Waals surface area contributed by atoms with Crippen molar-refractivity contribution in [2.75, 3.05) is 44.4 Å². The van der Waals surface area contributed by atoms with E-state index < -0.39 is 0 Å². The molecule has 1 aromatic rings. The lowest BCUT2D eigenvalue weighted by Gasteiger charge is -2.43. The first-order valence-electron chi connectivity index (χ1n) is 9.32. The number of nitrogens with zero attached hydrogens (tertiary/aromatic N) is 2. The van der Waals surface area contributed by atoms with Crippen molar-refractivity contribution in [3.63, 3.8) is 0 Å². The second kappa shape index (κ2) is 7.72. The summed E-state index contributed by atoms with van der Waals surface area (Å²) < 4.78 is 7.75. The monoisotopic (exact) mass is 365 g/mol. The van der Waals surface area contributed by atoms with E-state index in [0.29, 0.717) is 6.04 Å². The van der Waals surface area contributed by atoms with E-state index in [9.17, 15) is 4.79 Å². The summed E-state index contributed by atoms with van der Waals surface area (Å²) in [6, 6.07) is 2.39. The lowest BCUT2D eigenvalue weighted by Crippen LogP contribution is -2.59. The van der Waals surface area contributed by atoms with E-state index in [-0.39, 0.29) is 11.4 Å². The number of ether oxygens (including phenoxy) is 1. The first-order valence-corrected chi connectivity index (χ1v) is 10.5. The Labute approximate surface area is 155 Å². The fourth-order valence-corrected chi connectivity index (χ4v) is 5.75. The highest BCUT2D eigenvalue weighted by atomic mass is 32.2. The molecule has 0 aliphatic carbocycles. The maximum Gasteiger partial charge on any atom is 0.253 e. The van der Waals surface area contributed by atoms with Gasteiger partial charge in [-0.3, -0.25) is 9.69 Å². The van der Waals surface area contributed by atoms with E-state index in [1.807, 2.05) is 24.8 Å². The molecule has 2 aliphatic rings.